The van der Waals surface area contributed by atoms with Crippen LogP contribution in [-0.4, -0.2) is 49.1 Å². The molecule has 4 bridgehead atoms. The molecule has 0 N–H and O–H groups in total. The van der Waals surface area contributed by atoms with E-state index in [9.17, 15) is 0 Å². The van der Waals surface area contributed by atoms with E-state index in [0.717, 1.165) is 35.5 Å². The van der Waals surface area contributed by atoms with Crippen LogP contribution in [0.5, 0.6) is 0 Å². The van der Waals surface area contributed by atoms with E-state index in [1.807, 2.05) is 0 Å². The van der Waals surface area contributed by atoms with Crippen molar-refractivity contribution in [2.75, 3.05) is 39.3 Å². The molecule has 0 atom stereocenters. The van der Waals surface area contributed by atoms with Gasteiger partial charge in [0, 0.05) is 32.7 Å². The fourth-order valence-electron chi connectivity index (χ4n) is 6.55. The lowest BCUT2D eigenvalue weighted by molar-refractivity contribution is -0.0437. The summed E-state index contributed by atoms with van der Waals surface area (Å²) in [5.74, 6) is 6.44. The molecule has 0 spiro atoms. The number of hydrogen-bond acceptors (Lipinski definition) is 2. The third-order valence-corrected chi connectivity index (χ3v) is 7.29. The van der Waals surface area contributed by atoms with Crippen molar-refractivity contribution in [3.63, 3.8) is 0 Å². The Bertz CT molecular complexity index is 342. The Hall–Kier alpha value is -0.0800. The minimum Gasteiger partial charge on any atom is -0.301 e. The van der Waals surface area contributed by atoms with E-state index in [1.54, 1.807) is 32.1 Å². The van der Waals surface area contributed by atoms with Crippen molar-refractivity contribution >= 4 is 0 Å². The van der Waals surface area contributed by atoms with E-state index in [2.05, 4.69) is 23.6 Å². The zero-order valence-electron chi connectivity index (χ0n) is 14.8. The van der Waals surface area contributed by atoms with Gasteiger partial charge in [-0.15, -0.1) is 0 Å². The van der Waals surface area contributed by atoms with Crippen LogP contribution in [0.2, 0.25) is 0 Å². The molecule has 1 aliphatic heterocycles. The van der Waals surface area contributed by atoms with Crippen LogP contribution in [0.1, 0.15) is 52.4 Å². The number of rotatable bonds is 5. The van der Waals surface area contributed by atoms with Crippen LogP contribution in [0.4, 0.5) is 0 Å². The molecular weight excluding hydrogens is 268 g/mol. The van der Waals surface area contributed by atoms with E-state index >= 15 is 0 Å². The Morgan fingerprint density at radius 2 is 1.32 bits per heavy atom. The quantitative estimate of drug-likeness (QED) is 0.764. The van der Waals surface area contributed by atoms with Gasteiger partial charge in [0.2, 0.25) is 0 Å². The average Bonchev–Trinajstić information content (AvgIpc) is 2.47. The summed E-state index contributed by atoms with van der Waals surface area (Å²) in [5.41, 5.74) is 0. The number of hydrogen-bond donors (Lipinski definition) is 0. The van der Waals surface area contributed by atoms with Crippen LogP contribution in [0, 0.1) is 35.5 Å². The molecule has 0 aromatic carbocycles. The predicted octanol–water partition coefficient (Wildman–Crippen LogP) is 3.72. The van der Waals surface area contributed by atoms with Crippen LogP contribution in [0.3, 0.4) is 0 Å². The maximum atomic E-state index is 2.77. The van der Waals surface area contributed by atoms with E-state index in [1.165, 1.54) is 45.7 Å². The zero-order chi connectivity index (χ0) is 15.1. The Balaban J connectivity index is 1.23. The highest BCUT2D eigenvalue weighted by Gasteiger charge is 2.47. The first-order chi connectivity index (χ1) is 10.7. The van der Waals surface area contributed by atoms with Crippen molar-refractivity contribution in [1.29, 1.82) is 0 Å². The van der Waals surface area contributed by atoms with Gasteiger partial charge >= 0.3 is 0 Å². The molecular formula is C20H36N2. The van der Waals surface area contributed by atoms with Gasteiger partial charge in [0.25, 0.3) is 0 Å². The maximum Gasteiger partial charge on any atom is 0.0110 e. The SMILES string of the molecule is CC(C)CN1CCN(CCC2C3CC4CC(C3)CC2C4)CC1. The summed E-state index contributed by atoms with van der Waals surface area (Å²) in [6.07, 6.45) is 9.50. The molecule has 4 saturated carbocycles. The summed E-state index contributed by atoms with van der Waals surface area (Å²) in [6.45, 7) is 12.6. The molecule has 0 amide bonds. The van der Waals surface area contributed by atoms with Crippen molar-refractivity contribution in [2.45, 2.75) is 52.4 Å². The Labute approximate surface area is 137 Å². The predicted molar refractivity (Wildman–Crippen MR) is 92.9 cm³/mol. The van der Waals surface area contributed by atoms with Crippen LogP contribution in [0.15, 0.2) is 0 Å². The highest BCUT2D eigenvalue weighted by molar-refractivity contribution is 4.98. The standard InChI is InChI=1S/C20H36N2/c1-15(2)14-22-7-5-21(6-8-22)4-3-20-18-10-16-9-17(12-18)13-19(20)11-16/h15-20H,3-14H2,1-2H3. The Morgan fingerprint density at radius 3 is 1.86 bits per heavy atom. The Morgan fingerprint density at radius 1 is 0.773 bits per heavy atom. The van der Waals surface area contributed by atoms with Crippen LogP contribution in [-0.2, 0) is 0 Å². The molecule has 0 radical (unpaired) electrons. The fraction of sp³-hybridized carbons (Fsp3) is 1.00. The number of piperazine rings is 1. The normalized spacial score (nSPS) is 42.4. The second-order valence-electron chi connectivity index (χ2n) is 9.42. The molecule has 126 valence electrons. The second kappa shape index (κ2) is 6.43. The molecule has 1 heterocycles. The van der Waals surface area contributed by atoms with Gasteiger partial charge in [-0.1, -0.05) is 13.8 Å². The van der Waals surface area contributed by atoms with E-state index in [4.69, 9.17) is 0 Å². The van der Waals surface area contributed by atoms with Gasteiger partial charge in [-0.05, 0) is 80.6 Å². The van der Waals surface area contributed by atoms with Crippen LogP contribution in [0.25, 0.3) is 0 Å². The van der Waals surface area contributed by atoms with Gasteiger partial charge in [0.05, 0.1) is 0 Å². The molecule has 5 rings (SSSR count). The van der Waals surface area contributed by atoms with Crippen molar-refractivity contribution in [3.8, 4) is 0 Å². The monoisotopic (exact) mass is 304 g/mol. The lowest BCUT2D eigenvalue weighted by Gasteiger charge is -2.55. The first kappa shape index (κ1) is 15.4. The van der Waals surface area contributed by atoms with Gasteiger partial charge in [-0.2, -0.15) is 0 Å². The van der Waals surface area contributed by atoms with Gasteiger partial charge in [0.15, 0.2) is 0 Å². The molecule has 0 aromatic rings. The lowest BCUT2D eigenvalue weighted by Crippen LogP contribution is -2.49. The first-order valence-corrected chi connectivity index (χ1v) is 10.1. The van der Waals surface area contributed by atoms with Crippen LogP contribution < -0.4 is 0 Å². The lowest BCUT2D eigenvalue weighted by atomic mass is 9.51. The third-order valence-electron chi connectivity index (χ3n) is 7.29. The van der Waals surface area contributed by atoms with E-state index in [0.29, 0.717) is 0 Å². The maximum absolute atomic E-state index is 2.77. The van der Waals surface area contributed by atoms with Crippen molar-refractivity contribution in [1.82, 2.24) is 9.80 Å². The van der Waals surface area contributed by atoms with Crippen molar-refractivity contribution in [3.05, 3.63) is 0 Å². The Kier molecular flexibility index (Phi) is 4.52. The van der Waals surface area contributed by atoms with Gasteiger partial charge in [-0.25, -0.2) is 0 Å². The molecule has 2 heteroatoms. The smallest absolute Gasteiger partial charge is 0.0110 e. The summed E-state index contributed by atoms with van der Waals surface area (Å²) >= 11 is 0. The molecule has 5 aliphatic rings. The highest BCUT2D eigenvalue weighted by atomic mass is 15.3. The highest BCUT2D eigenvalue weighted by Crippen LogP contribution is 2.57. The molecule has 2 nitrogen and oxygen atoms in total. The summed E-state index contributed by atoms with van der Waals surface area (Å²) in [7, 11) is 0. The molecule has 5 fully saturated rings. The minimum absolute atomic E-state index is 0.819. The third kappa shape index (κ3) is 3.24. The molecule has 1 saturated heterocycles. The summed E-state index contributed by atoms with van der Waals surface area (Å²) in [5, 5.41) is 0. The minimum atomic E-state index is 0.819. The molecule has 22 heavy (non-hydrogen) atoms. The molecule has 4 aliphatic carbocycles. The number of nitrogens with zero attached hydrogens (tertiary/aromatic N) is 2. The largest absolute Gasteiger partial charge is 0.301 e. The van der Waals surface area contributed by atoms with Crippen molar-refractivity contribution < 1.29 is 0 Å². The van der Waals surface area contributed by atoms with Crippen LogP contribution >= 0.6 is 0 Å². The average molecular weight is 305 g/mol. The fourth-order valence-corrected chi connectivity index (χ4v) is 6.55. The van der Waals surface area contributed by atoms with Gasteiger partial charge in [0.1, 0.15) is 0 Å². The molecule has 0 aromatic heterocycles. The van der Waals surface area contributed by atoms with Gasteiger partial charge < -0.3 is 9.80 Å². The van der Waals surface area contributed by atoms with E-state index < -0.39 is 0 Å². The van der Waals surface area contributed by atoms with Gasteiger partial charge in [-0.3, -0.25) is 0 Å². The topological polar surface area (TPSA) is 6.48 Å². The summed E-state index contributed by atoms with van der Waals surface area (Å²) < 4.78 is 0. The zero-order valence-corrected chi connectivity index (χ0v) is 14.8. The summed E-state index contributed by atoms with van der Waals surface area (Å²) in [6, 6.07) is 0. The summed E-state index contributed by atoms with van der Waals surface area (Å²) in [4.78, 5) is 5.44. The van der Waals surface area contributed by atoms with Crippen molar-refractivity contribution in [2.24, 2.45) is 35.5 Å². The second-order valence-corrected chi connectivity index (χ2v) is 9.42. The first-order valence-electron chi connectivity index (χ1n) is 10.1. The molecule has 0 unspecified atom stereocenters. The van der Waals surface area contributed by atoms with E-state index in [-0.39, 0.29) is 0 Å².